The lowest BCUT2D eigenvalue weighted by atomic mass is 10.1. The smallest absolute Gasteiger partial charge is 0.289 e. The SMILES string of the molecule is Cc1c(C(=O)N2N=CCCN2)ccc2c1OCO2. The number of hydrogen-bond acceptors (Lipinski definition) is 5. The first-order chi connectivity index (χ1) is 8.77. The monoisotopic (exact) mass is 247 g/mol. The second kappa shape index (κ2) is 4.30. The maximum atomic E-state index is 12.3. The van der Waals surface area contributed by atoms with E-state index < -0.39 is 0 Å². The van der Waals surface area contributed by atoms with E-state index in [0.29, 0.717) is 23.6 Å². The van der Waals surface area contributed by atoms with Crippen LogP contribution in [0.1, 0.15) is 22.3 Å². The molecule has 0 spiro atoms. The van der Waals surface area contributed by atoms with Gasteiger partial charge in [0, 0.05) is 23.9 Å². The van der Waals surface area contributed by atoms with Crippen LogP contribution in [0.25, 0.3) is 0 Å². The van der Waals surface area contributed by atoms with Gasteiger partial charge in [-0.25, -0.2) is 5.43 Å². The minimum Gasteiger partial charge on any atom is -0.454 e. The summed E-state index contributed by atoms with van der Waals surface area (Å²) in [6.45, 7) is 2.75. The maximum Gasteiger partial charge on any atom is 0.289 e. The Hall–Kier alpha value is -2.08. The summed E-state index contributed by atoms with van der Waals surface area (Å²) >= 11 is 0. The van der Waals surface area contributed by atoms with Gasteiger partial charge in [-0.1, -0.05) is 0 Å². The Bertz CT molecular complexity index is 528. The highest BCUT2D eigenvalue weighted by molar-refractivity contribution is 5.96. The summed E-state index contributed by atoms with van der Waals surface area (Å²) < 4.78 is 10.6. The third kappa shape index (κ3) is 1.70. The molecule has 2 heterocycles. The zero-order chi connectivity index (χ0) is 12.5. The van der Waals surface area contributed by atoms with Gasteiger partial charge in [0.15, 0.2) is 11.5 Å². The molecule has 0 bridgehead atoms. The van der Waals surface area contributed by atoms with Crippen molar-refractivity contribution in [3.8, 4) is 11.5 Å². The van der Waals surface area contributed by atoms with Gasteiger partial charge in [-0.05, 0) is 25.5 Å². The number of fused-ring (bicyclic) bond motifs is 1. The molecule has 0 saturated carbocycles. The fourth-order valence-electron chi connectivity index (χ4n) is 2.00. The first kappa shape index (κ1) is 11.0. The molecule has 0 fully saturated rings. The molecule has 1 aromatic carbocycles. The molecule has 0 unspecified atom stereocenters. The van der Waals surface area contributed by atoms with Gasteiger partial charge in [0.1, 0.15) is 0 Å². The highest BCUT2D eigenvalue weighted by Gasteiger charge is 2.24. The number of hydrogen-bond donors (Lipinski definition) is 1. The topological polar surface area (TPSA) is 63.2 Å². The lowest BCUT2D eigenvalue weighted by Crippen LogP contribution is -2.42. The van der Waals surface area contributed by atoms with Gasteiger partial charge < -0.3 is 9.47 Å². The van der Waals surface area contributed by atoms with Crippen LogP contribution in [0, 0.1) is 6.92 Å². The zero-order valence-electron chi connectivity index (χ0n) is 9.97. The largest absolute Gasteiger partial charge is 0.454 e. The van der Waals surface area contributed by atoms with E-state index in [9.17, 15) is 4.79 Å². The molecule has 0 atom stereocenters. The Morgan fingerprint density at radius 3 is 3.11 bits per heavy atom. The summed E-state index contributed by atoms with van der Waals surface area (Å²) in [5.74, 6) is 1.13. The Balaban J connectivity index is 1.95. The highest BCUT2D eigenvalue weighted by atomic mass is 16.7. The second-order valence-corrected chi connectivity index (χ2v) is 4.08. The van der Waals surface area contributed by atoms with E-state index in [0.717, 1.165) is 12.0 Å². The van der Waals surface area contributed by atoms with E-state index in [4.69, 9.17) is 9.47 Å². The molecule has 1 N–H and O–H groups in total. The number of hydrazine groups is 1. The molecule has 0 aromatic heterocycles. The summed E-state index contributed by atoms with van der Waals surface area (Å²) in [6.07, 6.45) is 2.54. The van der Waals surface area contributed by atoms with E-state index >= 15 is 0 Å². The van der Waals surface area contributed by atoms with E-state index in [1.807, 2.05) is 6.92 Å². The lowest BCUT2D eigenvalue weighted by Gasteiger charge is -2.21. The van der Waals surface area contributed by atoms with E-state index in [1.54, 1.807) is 18.3 Å². The maximum absolute atomic E-state index is 12.3. The quantitative estimate of drug-likeness (QED) is 0.806. The normalized spacial score (nSPS) is 17.1. The number of benzene rings is 1. The highest BCUT2D eigenvalue weighted by Crippen LogP contribution is 2.37. The predicted molar refractivity (Wildman–Crippen MR) is 64.6 cm³/mol. The zero-order valence-corrected chi connectivity index (χ0v) is 9.97. The summed E-state index contributed by atoms with van der Waals surface area (Å²) in [5, 5.41) is 5.27. The van der Waals surface area contributed by atoms with Crippen molar-refractivity contribution < 1.29 is 14.3 Å². The average molecular weight is 247 g/mol. The molecule has 6 nitrogen and oxygen atoms in total. The van der Waals surface area contributed by atoms with Crippen LogP contribution in [0.4, 0.5) is 0 Å². The van der Waals surface area contributed by atoms with Crippen molar-refractivity contribution in [1.82, 2.24) is 10.5 Å². The summed E-state index contributed by atoms with van der Waals surface area (Å²) in [4.78, 5) is 12.3. The van der Waals surface area contributed by atoms with Crippen LogP contribution in [-0.4, -0.2) is 30.6 Å². The molecule has 2 aliphatic heterocycles. The van der Waals surface area contributed by atoms with Gasteiger partial charge in [-0.3, -0.25) is 4.79 Å². The van der Waals surface area contributed by atoms with Crippen LogP contribution >= 0.6 is 0 Å². The number of nitrogens with one attached hydrogen (secondary N) is 1. The fraction of sp³-hybridized carbons (Fsp3) is 0.333. The van der Waals surface area contributed by atoms with Gasteiger partial charge in [-0.15, -0.1) is 0 Å². The Morgan fingerprint density at radius 2 is 2.33 bits per heavy atom. The van der Waals surface area contributed by atoms with E-state index in [2.05, 4.69) is 10.5 Å². The predicted octanol–water partition coefficient (Wildman–Crippen LogP) is 1.06. The standard InChI is InChI=1S/C12H13N3O3/c1-8-9(3-4-10-11(8)18-7-17-10)12(16)15-13-5-2-6-14-15/h3-5,14H,2,6-7H2,1H3. The van der Waals surface area contributed by atoms with Gasteiger partial charge in [0.05, 0.1) is 0 Å². The summed E-state index contributed by atoms with van der Waals surface area (Å²) in [7, 11) is 0. The third-order valence-electron chi connectivity index (χ3n) is 2.94. The van der Waals surface area contributed by atoms with Gasteiger partial charge in [-0.2, -0.15) is 10.2 Å². The van der Waals surface area contributed by atoms with E-state index in [1.165, 1.54) is 5.12 Å². The molecule has 2 aliphatic rings. The fourth-order valence-corrected chi connectivity index (χ4v) is 2.00. The molecule has 0 saturated heterocycles. The van der Waals surface area contributed by atoms with Crippen LogP contribution in [0.5, 0.6) is 11.5 Å². The van der Waals surface area contributed by atoms with Crippen molar-refractivity contribution in [2.45, 2.75) is 13.3 Å². The Labute approximate surface area is 104 Å². The number of hydrazone groups is 1. The first-order valence-electron chi connectivity index (χ1n) is 5.77. The Morgan fingerprint density at radius 1 is 1.44 bits per heavy atom. The first-order valence-corrected chi connectivity index (χ1v) is 5.77. The van der Waals surface area contributed by atoms with Crippen molar-refractivity contribution in [1.29, 1.82) is 0 Å². The summed E-state index contributed by atoms with van der Waals surface area (Å²) in [6, 6.07) is 3.48. The summed E-state index contributed by atoms with van der Waals surface area (Å²) in [5.41, 5.74) is 4.26. The second-order valence-electron chi connectivity index (χ2n) is 4.08. The number of carbonyl (C=O) groups excluding carboxylic acids is 1. The minimum atomic E-state index is -0.193. The van der Waals surface area contributed by atoms with Crippen LogP contribution < -0.4 is 14.9 Å². The molecule has 0 radical (unpaired) electrons. The van der Waals surface area contributed by atoms with Crippen molar-refractivity contribution in [3.05, 3.63) is 23.3 Å². The molecular formula is C12H13N3O3. The lowest BCUT2D eigenvalue weighted by molar-refractivity contribution is 0.0657. The van der Waals surface area contributed by atoms with Crippen molar-refractivity contribution in [3.63, 3.8) is 0 Å². The molecule has 94 valence electrons. The Kier molecular flexibility index (Phi) is 2.64. The van der Waals surface area contributed by atoms with Gasteiger partial charge in [0.2, 0.25) is 6.79 Å². The number of amides is 1. The molecule has 18 heavy (non-hydrogen) atoms. The van der Waals surface area contributed by atoms with Crippen LogP contribution in [-0.2, 0) is 0 Å². The van der Waals surface area contributed by atoms with Crippen molar-refractivity contribution in [2.75, 3.05) is 13.3 Å². The number of nitrogens with zero attached hydrogens (tertiary/aromatic N) is 2. The molecular weight excluding hydrogens is 234 g/mol. The van der Waals surface area contributed by atoms with Crippen molar-refractivity contribution in [2.24, 2.45) is 5.10 Å². The molecule has 6 heteroatoms. The van der Waals surface area contributed by atoms with Crippen LogP contribution in [0.15, 0.2) is 17.2 Å². The van der Waals surface area contributed by atoms with Crippen LogP contribution in [0.3, 0.4) is 0 Å². The molecule has 1 amide bonds. The van der Waals surface area contributed by atoms with Gasteiger partial charge in [0.25, 0.3) is 5.91 Å². The molecule has 1 aromatic rings. The molecule has 0 aliphatic carbocycles. The number of rotatable bonds is 1. The molecule has 3 rings (SSSR count). The average Bonchev–Trinajstić information content (AvgIpc) is 2.89. The number of ether oxygens (including phenoxy) is 2. The van der Waals surface area contributed by atoms with Gasteiger partial charge >= 0.3 is 0 Å². The number of carbonyl (C=O) groups is 1. The third-order valence-corrected chi connectivity index (χ3v) is 2.94. The van der Waals surface area contributed by atoms with Crippen LogP contribution in [0.2, 0.25) is 0 Å². The minimum absolute atomic E-state index is 0.193. The van der Waals surface area contributed by atoms with E-state index in [-0.39, 0.29) is 12.7 Å². The van der Waals surface area contributed by atoms with Crippen molar-refractivity contribution >= 4 is 12.1 Å².